The van der Waals surface area contributed by atoms with Crippen LogP contribution in [-0.2, 0) is 0 Å². The molecule has 0 fully saturated rings. The summed E-state index contributed by atoms with van der Waals surface area (Å²) in [5, 5.41) is 0.0348. The number of aromatic amines is 1. The third-order valence-corrected chi connectivity index (χ3v) is 5.08. The summed E-state index contributed by atoms with van der Waals surface area (Å²) in [6.07, 6.45) is -0.935. The van der Waals surface area contributed by atoms with E-state index in [0.717, 1.165) is 4.57 Å². The molecule has 0 saturated heterocycles. The maximum Gasteiger partial charge on any atom is 0.334 e. The van der Waals surface area contributed by atoms with Crippen molar-refractivity contribution in [2.75, 3.05) is 0 Å². The number of hydrogen-bond donors (Lipinski definition) is 1. The van der Waals surface area contributed by atoms with E-state index in [4.69, 9.17) is 11.6 Å². The van der Waals surface area contributed by atoms with Crippen LogP contribution in [0.1, 0.15) is 31.2 Å². The minimum Gasteiger partial charge on any atom is -0.273 e. The Kier molecular flexibility index (Phi) is 5.14. The number of rotatable bonds is 3. The van der Waals surface area contributed by atoms with Gasteiger partial charge in [0.25, 0.3) is 5.56 Å². The van der Waals surface area contributed by atoms with E-state index in [9.17, 15) is 18.4 Å². The van der Waals surface area contributed by atoms with E-state index in [1.54, 1.807) is 19.9 Å². The van der Waals surface area contributed by atoms with Crippen LogP contribution in [0.15, 0.2) is 39.9 Å². The van der Waals surface area contributed by atoms with Crippen LogP contribution in [0, 0.1) is 18.8 Å². The zero-order valence-electron chi connectivity index (χ0n) is 16.7. The summed E-state index contributed by atoms with van der Waals surface area (Å²) in [5.41, 5.74) is -0.818. The van der Waals surface area contributed by atoms with Gasteiger partial charge in [0, 0.05) is 5.56 Å². The summed E-state index contributed by atoms with van der Waals surface area (Å²) in [6, 6.07) is 7.17. The highest BCUT2D eigenvalue weighted by Crippen LogP contribution is 2.31. The van der Waals surface area contributed by atoms with Crippen molar-refractivity contribution in [2.24, 2.45) is 0 Å². The Morgan fingerprint density at radius 3 is 2.48 bits per heavy atom. The van der Waals surface area contributed by atoms with Crippen LogP contribution in [0.5, 0.6) is 0 Å². The molecule has 7 nitrogen and oxygen atoms in total. The normalized spacial score (nSPS) is 11.5. The van der Waals surface area contributed by atoms with Crippen LogP contribution >= 0.6 is 11.6 Å². The SMILES string of the molecule is Cc1nc(F)nc(C(C)C)c1-n1c(=O)[nH]c(=O)c2cc(Cl)c(-c3ccccc3F)nc21. The molecule has 1 N–H and O–H groups in total. The Morgan fingerprint density at radius 1 is 1.10 bits per heavy atom. The number of hydrogen-bond acceptors (Lipinski definition) is 5. The monoisotopic (exact) mass is 443 g/mol. The van der Waals surface area contributed by atoms with Gasteiger partial charge in [0.05, 0.1) is 33.2 Å². The van der Waals surface area contributed by atoms with Crippen molar-refractivity contribution in [2.45, 2.75) is 26.7 Å². The minimum absolute atomic E-state index is 0.00289. The molecule has 0 bridgehead atoms. The topological polar surface area (TPSA) is 93.5 Å². The van der Waals surface area contributed by atoms with Gasteiger partial charge in [0.15, 0.2) is 5.65 Å². The van der Waals surface area contributed by atoms with E-state index in [0.29, 0.717) is 0 Å². The van der Waals surface area contributed by atoms with Crippen molar-refractivity contribution in [1.82, 2.24) is 24.5 Å². The molecule has 0 aliphatic carbocycles. The first-order valence-corrected chi connectivity index (χ1v) is 9.71. The Bertz CT molecular complexity index is 1460. The van der Waals surface area contributed by atoms with Gasteiger partial charge < -0.3 is 0 Å². The van der Waals surface area contributed by atoms with Gasteiger partial charge in [-0.25, -0.2) is 28.7 Å². The lowest BCUT2D eigenvalue weighted by Crippen LogP contribution is -2.31. The Balaban J connectivity index is 2.18. The van der Waals surface area contributed by atoms with E-state index in [2.05, 4.69) is 19.9 Å². The molecule has 0 spiro atoms. The molecule has 0 unspecified atom stereocenters. The predicted octanol–water partition coefficient (Wildman–Crippen LogP) is 3.89. The second-order valence-corrected chi connectivity index (χ2v) is 7.64. The molecule has 0 atom stereocenters. The quantitative estimate of drug-likeness (QED) is 0.485. The number of fused-ring (bicyclic) bond motifs is 1. The lowest BCUT2D eigenvalue weighted by Gasteiger charge is -2.17. The number of nitrogens with one attached hydrogen (secondary N) is 1. The molecule has 0 aliphatic heterocycles. The molecule has 10 heteroatoms. The van der Waals surface area contributed by atoms with Crippen molar-refractivity contribution in [3.63, 3.8) is 0 Å². The maximum atomic E-state index is 14.4. The molecule has 0 amide bonds. The largest absolute Gasteiger partial charge is 0.334 e. The average molecular weight is 444 g/mol. The van der Waals surface area contributed by atoms with Crippen LogP contribution in [0.2, 0.25) is 5.02 Å². The van der Waals surface area contributed by atoms with Crippen molar-refractivity contribution >= 4 is 22.6 Å². The predicted molar refractivity (Wildman–Crippen MR) is 113 cm³/mol. The fourth-order valence-electron chi connectivity index (χ4n) is 3.42. The fraction of sp³-hybridized carbons (Fsp3) is 0.190. The Labute approximate surface area is 179 Å². The van der Waals surface area contributed by atoms with Gasteiger partial charge >= 0.3 is 11.8 Å². The molecule has 4 aromatic rings. The van der Waals surface area contributed by atoms with Gasteiger partial charge in [-0.2, -0.15) is 4.39 Å². The molecule has 4 rings (SSSR count). The van der Waals surface area contributed by atoms with Crippen molar-refractivity contribution in [3.8, 4) is 16.9 Å². The molecule has 0 radical (unpaired) electrons. The molecule has 31 heavy (non-hydrogen) atoms. The van der Waals surface area contributed by atoms with E-state index in [1.165, 1.54) is 31.2 Å². The number of pyridine rings is 1. The number of aryl methyl sites for hydroxylation is 1. The Morgan fingerprint density at radius 2 is 1.81 bits per heavy atom. The lowest BCUT2D eigenvalue weighted by molar-refractivity contribution is 0.521. The highest BCUT2D eigenvalue weighted by Gasteiger charge is 2.22. The molecular formula is C21H16ClF2N5O2. The van der Waals surface area contributed by atoms with Crippen LogP contribution < -0.4 is 11.2 Å². The Hall–Kier alpha value is -3.46. The molecule has 158 valence electrons. The zero-order chi connectivity index (χ0) is 22.4. The lowest BCUT2D eigenvalue weighted by atomic mass is 10.1. The first-order valence-electron chi connectivity index (χ1n) is 9.34. The first kappa shape index (κ1) is 20.8. The molecule has 3 aromatic heterocycles. The van der Waals surface area contributed by atoms with E-state index < -0.39 is 23.1 Å². The van der Waals surface area contributed by atoms with E-state index in [-0.39, 0.29) is 50.3 Å². The van der Waals surface area contributed by atoms with Crippen LogP contribution in [0.25, 0.3) is 28.0 Å². The molecule has 3 heterocycles. The third kappa shape index (κ3) is 3.50. The smallest absolute Gasteiger partial charge is 0.273 e. The number of benzene rings is 1. The van der Waals surface area contributed by atoms with Crippen LogP contribution in [0.3, 0.4) is 0 Å². The van der Waals surface area contributed by atoms with Crippen LogP contribution in [-0.4, -0.2) is 24.5 Å². The van der Waals surface area contributed by atoms with E-state index in [1.807, 2.05) is 0 Å². The summed E-state index contributed by atoms with van der Waals surface area (Å²) in [5.74, 6) is -0.849. The summed E-state index contributed by atoms with van der Waals surface area (Å²) in [6.45, 7) is 5.07. The van der Waals surface area contributed by atoms with Gasteiger partial charge in [0.2, 0.25) is 0 Å². The summed E-state index contributed by atoms with van der Waals surface area (Å²) in [4.78, 5) is 39.5. The molecule has 1 aromatic carbocycles. The average Bonchev–Trinajstić information content (AvgIpc) is 2.69. The number of aromatic nitrogens is 5. The minimum atomic E-state index is -0.935. The summed E-state index contributed by atoms with van der Waals surface area (Å²) < 4.78 is 29.4. The number of H-pyrrole nitrogens is 1. The van der Waals surface area contributed by atoms with Crippen molar-refractivity contribution in [3.05, 3.63) is 79.5 Å². The molecular weight excluding hydrogens is 428 g/mol. The highest BCUT2D eigenvalue weighted by molar-refractivity contribution is 6.33. The third-order valence-electron chi connectivity index (χ3n) is 4.79. The van der Waals surface area contributed by atoms with Gasteiger partial charge in [-0.15, -0.1) is 0 Å². The number of halogens is 3. The standard InChI is InChI=1S/C21H16ClF2N5O2/c1-9(2)15-17(10(3)25-20(24)27-15)29-18-12(19(30)28-21(29)31)8-13(22)16(26-18)11-6-4-5-7-14(11)23/h4-9H,1-3H3,(H,28,30,31). The second-order valence-electron chi connectivity index (χ2n) is 7.23. The number of nitrogens with zero attached hydrogens (tertiary/aromatic N) is 4. The highest BCUT2D eigenvalue weighted by atomic mass is 35.5. The zero-order valence-corrected chi connectivity index (χ0v) is 17.5. The summed E-state index contributed by atoms with van der Waals surface area (Å²) in [7, 11) is 0. The van der Waals surface area contributed by atoms with Crippen LogP contribution in [0.4, 0.5) is 8.78 Å². The summed E-state index contributed by atoms with van der Waals surface area (Å²) >= 11 is 6.31. The molecule has 0 aliphatic rings. The first-order chi connectivity index (χ1) is 14.7. The van der Waals surface area contributed by atoms with Gasteiger partial charge in [0.1, 0.15) is 5.82 Å². The van der Waals surface area contributed by atoms with Gasteiger partial charge in [-0.3, -0.25) is 9.78 Å². The fourth-order valence-corrected chi connectivity index (χ4v) is 3.67. The maximum absolute atomic E-state index is 14.4. The van der Waals surface area contributed by atoms with Gasteiger partial charge in [-0.05, 0) is 31.0 Å². The van der Waals surface area contributed by atoms with E-state index >= 15 is 0 Å². The van der Waals surface area contributed by atoms with Crippen molar-refractivity contribution in [1.29, 1.82) is 0 Å². The molecule has 0 saturated carbocycles. The van der Waals surface area contributed by atoms with Gasteiger partial charge in [-0.1, -0.05) is 37.6 Å². The second kappa shape index (κ2) is 7.66. The van der Waals surface area contributed by atoms with Crippen molar-refractivity contribution < 1.29 is 8.78 Å².